The van der Waals surface area contributed by atoms with Gasteiger partial charge in [0.2, 0.25) is 11.8 Å². The first-order valence-electron chi connectivity index (χ1n) is 15.4. The number of nitrogens with zero attached hydrogens (tertiary/aromatic N) is 3. The van der Waals surface area contributed by atoms with Crippen molar-refractivity contribution in [1.29, 1.82) is 0 Å². The van der Waals surface area contributed by atoms with Crippen LogP contribution in [-0.2, 0) is 22.4 Å². The van der Waals surface area contributed by atoms with Gasteiger partial charge in [0.15, 0.2) is 11.5 Å². The van der Waals surface area contributed by atoms with Crippen LogP contribution in [0.15, 0.2) is 71.5 Å². The summed E-state index contributed by atoms with van der Waals surface area (Å²) in [5, 5.41) is 0. The second-order valence-corrected chi connectivity index (χ2v) is 11.6. The van der Waals surface area contributed by atoms with Crippen LogP contribution in [-0.4, -0.2) is 59.5 Å². The van der Waals surface area contributed by atoms with Gasteiger partial charge in [0, 0.05) is 50.5 Å². The van der Waals surface area contributed by atoms with E-state index in [0.717, 1.165) is 29.7 Å². The zero-order valence-electron chi connectivity index (χ0n) is 25.3. The van der Waals surface area contributed by atoms with Crippen molar-refractivity contribution < 1.29 is 19.1 Å². The topological polar surface area (TPSA) is 105 Å². The SMILES string of the molecule is COc1ccc2cc1OCCCCN(C(=O)CCc1nc3ccccc3[nH]c1=O)CC[C@@H]1c3ccccc3N(C(C)=O)[C@@H]1C2. The van der Waals surface area contributed by atoms with E-state index < -0.39 is 0 Å². The lowest BCUT2D eigenvalue weighted by atomic mass is 9.87. The first-order chi connectivity index (χ1) is 21.4. The van der Waals surface area contributed by atoms with Crippen LogP contribution < -0.4 is 19.9 Å². The van der Waals surface area contributed by atoms with Crippen LogP contribution >= 0.6 is 0 Å². The number of rotatable bonds is 4. The smallest absolute Gasteiger partial charge is 0.270 e. The van der Waals surface area contributed by atoms with Crippen LogP contribution in [0.1, 0.15) is 55.3 Å². The number of nitrogens with one attached hydrogen (secondary N) is 1. The number of aromatic nitrogens is 2. The summed E-state index contributed by atoms with van der Waals surface area (Å²) in [6.07, 6.45) is 3.36. The Kier molecular flexibility index (Phi) is 8.63. The van der Waals surface area contributed by atoms with Crippen LogP contribution in [0, 0.1) is 0 Å². The number of amides is 2. The highest BCUT2D eigenvalue weighted by Crippen LogP contribution is 2.44. The third-order valence-electron chi connectivity index (χ3n) is 8.79. The van der Waals surface area contributed by atoms with Gasteiger partial charge in [-0.15, -0.1) is 0 Å². The lowest BCUT2D eigenvalue weighted by molar-refractivity contribution is -0.131. The minimum Gasteiger partial charge on any atom is -0.493 e. The molecule has 1 N–H and O–H groups in total. The zero-order chi connectivity index (χ0) is 30.6. The minimum atomic E-state index is -0.261. The Balaban J connectivity index is 1.27. The number of aromatic amines is 1. The Morgan fingerprint density at radius 3 is 2.70 bits per heavy atom. The standard InChI is InChI=1S/C35H38N4O5/c1-23(40)39-30-12-6-3-9-25(30)26-17-19-38(34(41)16-14-29-35(42)37-28-11-5-4-10-27(28)36-29)18-7-8-20-44-33-22-24(21-31(26)39)13-15-32(33)43-2/h3-6,9-13,15,22,26,31H,7-8,14,16-21H2,1-2H3,(H,37,42)/t26-,31-/m1/s1. The van der Waals surface area contributed by atoms with Gasteiger partial charge in [-0.1, -0.05) is 36.4 Å². The molecule has 3 aromatic carbocycles. The van der Waals surface area contributed by atoms with E-state index in [0.29, 0.717) is 60.8 Å². The van der Waals surface area contributed by atoms with Crippen LogP contribution in [0.25, 0.3) is 11.0 Å². The predicted octanol–water partition coefficient (Wildman–Crippen LogP) is 5.02. The average molecular weight is 595 g/mol. The third kappa shape index (κ3) is 6.04. The number of carbonyl (C=O) groups is 2. The summed E-state index contributed by atoms with van der Waals surface area (Å²) < 4.78 is 11.7. The molecule has 0 saturated carbocycles. The normalized spacial score (nSPS) is 18.6. The number of carbonyl (C=O) groups excluding carboxylic acids is 2. The Morgan fingerprint density at radius 1 is 1.05 bits per heavy atom. The Morgan fingerprint density at radius 2 is 1.86 bits per heavy atom. The van der Waals surface area contributed by atoms with Crippen molar-refractivity contribution in [2.24, 2.45) is 0 Å². The molecule has 0 spiro atoms. The molecule has 2 aliphatic heterocycles. The van der Waals surface area contributed by atoms with E-state index >= 15 is 0 Å². The number of methoxy groups -OCH3 is 1. The van der Waals surface area contributed by atoms with Crippen molar-refractivity contribution in [1.82, 2.24) is 14.9 Å². The quantitative estimate of drug-likeness (QED) is 0.356. The number of para-hydroxylation sites is 3. The average Bonchev–Trinajstić information content (AvgIpc) is 3.33. The first-order valence-corrected chi connectivity index (χ1v) is 15.4. The Hall–Kier alpha value is -4.66. The van der Waals surface area contributed by atoms with Gasteiger partial charge in [0.1, 0.15) is 5.69 Å². The van der Waals surface area contributed by atoms with Gasteiger partial charge >= 0.3 is 0 Å². The fourth-order valence-electron chi connectivity index (χ4n) is 6.64. The van der Waals surface area contributed by atoms with E-state index in [9.17, 15) is 14.4 Å². The van der Waals surface area contributed by atoms with Crippen molar-refractivity contribution >= 4 is 28.5 Å². The second kappa shape index (κ2) is 12.9. The highest BCUT2D eigenvalue weighted by molar-refractivity contribution is 5.95. The maximum atomic E-state index is 13.7. The van der Waals surface area contributed by atoms with Crippen molar-refractivity contribution in [3.8, 4) is 11.5 Å². The van der Waals surface area contributed by atoms with Gasteiger partial charge < -0.3 is 24.3 Å². The van der Waals surface area contributed by atoms with E-state index in [1.54, 1.807) is 14.0 Å². The predicted molar refractivity (Wildman–Crippen MR) is 169 cm³/mol. The summed E-state index contributed by atoms with van der Waals surface area (Å²) in [5.41, 5.74) is 4.61. The maximum Gasteiger partial charge on any atom is 0.270 e. The van der Waals surface area contributed by atoms with Crippen molar-refractivity contribution in [3.63, 3.8) is 0 Å². The monoisotopic (exact) mass is 594 g/mol. The van der Waals surface area contributed by atoms with Gasteiger partial charge in [-0.3, -0.25) is 14.4 Å². The number of hydrogen-bond donors (Lipinski definition) is 1. The van der Waals surface area contributed by atoms with Crippen LogP contribution in [0.4, 0.5) is 5.69 Å². The molecule has 44 heavy (non-hydrogen) atoms. The van der Waals surface area contributed by atoms with E-state index in [1.165, 1.54) is 0 Å². The largest absolute Gasteiger partial charge is 0.493 e. The maximum absolute atomic E-state index is 13.7. The third-order valence-corrected chi connectivity index (χ3v) is 8.79. The number of hydrogen-bond acceptors (Lipinski definition) is 6. The molecule has 0 saturated heterocycles. The van der Waals surface area contributed by atoms with Crippen LogP contribution in [0.3, 0.4) is 0 Å². The fraction of sp³-hybridized carbons (Fsp3) is 0.371. The van der Waals surface area contributed by atoms with Crippen LogP contribution in [0.2, 0.25) is 0 Å². The summed E-state index contributed by atoms with van der Waals surface area (Å²) in [7, 11) is 1.63. The second-order valence-electron chi connectivity index (χ2n) is 11.6. The molecule has 228 valence electrons. The molecule has 1 aromatic heterocycles. The summed E-state index contributed by atoms with van der Waals surface area (Å²) in [4.78, 5) is 50.7. The molecule has 3 heterocycles. The molecule has 9 nitrogen and oxygen atoms in total. The lowest BCUT2D eigenvalue weighted by Crippen LogP contribution is -2.41. The number of aryl methyl sites for hydroxylation is 1. The Bertz CT molecular complexity index is 1730. The molecular weight excluding hydrogens is 556 g/mol. The molecule has 2 atom stereocenters. The van der Waals surface area contributed by atoms with E-state index in [-0.39, 0.29) is 42.2 Å². The van der Waals surface area contributed by atoms with Crippen molar-refractivity contribution in [3.05, 3.63) is 93.9 Å². The van der Waals surface area contributed by atoms with Gasteiger partial charge in [0.05, 0.1) is 24.8 Å². The molecule has 2 aliphatic rings. The molecule has 6 rings (SSSR count). The zero-order valence-corrected chi connectivity index (χ0v) is 25.3. The molecule has 0 fully saturated rings. The van der Waals surface area contributed by atoms with Crippen LogP contribution in [0.5, 0.6) is 11.5 Å². The Labute approximate surface area is 256 Å². The van der Waals surface area contributed by atoms with E-state index in [1.807, 2.05) is 70.5 Å². The van der Waals surface area contributed by atoms with Crippen molar-refractivity contribution in [2.75, 3.05) is 31.7 Å². The molecule has 0 radical (unpaired) electrons. The molecule has 9 heteroatoms. The lowest BCUT2D eigenvalue weighted by Gasteiger charge is -2.31. The number of benzene rings is 3. The summed E-state index contributed by atoms with van der Waals surface area (Å²) >= 11 is 0. The van der Waals surface area contributed by atoms with Gasteiger partial charge in [0.25, 0.3) is 5.56 Å². The van der Waals surface area contributed by atoms with Crippen molar-refractivity contribution in [2.45, 2.75) is 57.4 Å². The fourth-order valence-corrected chi connectivity index (χ4v) is 6.64. The van der Waals surface area contributed by atoms with E-state index in [2.05, 4.69) is 16.0 Å². The number of fused-ring (bicyclic) bond motifs is 6. The highest BCUT2D eigenvalue weighted by Gasteiger charge is 2.40. The molecule has 2 bridgehead atoms. The van der Waals surface area contributed by atoms with Gasteiger partial charge in [-0.2, -0.15) is 0 Å². The first kappa shape index (κ1) is 29.4. The summed E-state index contributed by atoms with van der Waals surface area (Å²) in [5.74, 6) is 1.39. The highest BCUT2D eigenvalue weighted by atomic mass is 16.5. The summed E-state index contributed by atoms with van der Waals surface area (Å²) in [6.45, 7) is 3.24. The molecule has 4 aromatic rings. The number of ether oxygens (including phenoxy) is 2. The van der Waals surface area contributed by atoms with Gasteiger partial charge in [-0.25, -0.2) is 4.98 Å². The number of H-pyrrole nitrogens is 1. The molecule has 0 unspecified atom stereocenters. The number of anilines is 1. The molecule has 0 aliphatic carbocycles. The van der Waals surface area contributed by atoms with E-state index in [4.69, 9.17) is 9.47 Å². The molecule has 2 amide bonds. The summed E-state index contributed by atoms with van der Waals surface area (Å²) in [6, 6.07) is 21.4. The minimum absolute atomic E-state index is 0.00269. The van der Waals surface area contributed by atoms with Gasteiger partial charge in [-0.05, 0) is 67.1 Å². The molecular formula is C35H38N4O5.